The number of benzene rings is 4. The summed E-state index contributed by atoms with van der Waals surface area (Å²) in [6, 6.07) is 26.1. The number of sulfonamides is 1. The molecule has 8 heteroatoms. The van der Waals surface area contributed by atoms with E-state index in [2.05, 4.69) is 4.72 Å². The molecule has 0 spiro atoms. The highest BCUT2D eigenvalue weighted by atomic mass is 32.2. The highest BCUT2D eigenvalue weighted by molar-refractivity contribution is 7.92. The average molecular weight is 466 g/mol. The minimum Gasteiger partial charge on any atom is -0.481 e. The summed E-state index contributed by atoms with van der Waals surface area (Å²) in [6.07, 6.45) is 0. The molecule has 1 unspecified atom stereocenters. The topological polar surface area (TPSA) is 101 Å². The Bertz CT molecular complexity index is 1430. The van der Waals surface area contributed by atoms with E-state index in [1.807, 2.05) is 36.4 Å². The van der Waals surface area contributed by atoms with E-state index in [9.17, 15) is 17.4 Å². The molecule has 0 aliphatic rings. The SMILES string of the molecule is O=C(O)CS(=O)c1cc(NS(=O)(=O)c2cccc(-c3ccccc3)c2)c2ccccc2c1. The van der Waals surface area contributed by atoms with Crippen LogP contribution in [0.2, 0.25) is 0 Å². The van der Waals surface area contributed by atoms with Gasteiger partial charge in [-0.2, -0.15) is 0 Å². The maximum absolute atomic E-state index is 13.2. The number of carbonyl (C=O) groups is 1. The van der Waals surface area contributed by atoms with Gasteiger partial charge in [-0.3, -0.25) is 13.7 Å². The normalized spacial score (nSPS) is 12.4. The van der Waals surface area contributed by atoms with Crippen molar-refractivity contribution in [2.75, 3.05) is 10.5 Å². The Morgan fingerprint density at radius 3 is 2.28 bits per heavy atom. The predicted octanol–water partition coefficient (Wildman–Crippen LogP) is 4.50. The minimum atomic E-state index is -3.97. The third-order valence-corrected chi connectivity index (χ3v) is 7.48. The van der Waals surface area contributed by atoms with Crippen molar-refractivity contribution in [2.45, 2.75) is 9.79 Å². The van der Waals surface area contributed by atoms with Crippen molar-refractivity contribution in [1.29, 1.82) is 0 Å². The number of rotatable bonds is 7. The summed E-state index contributed by atoms with van der Waals surface area (Å²) >= 11 is 0. The Labute approximate surface area is 188 Å². The predicted molar refractivity (Wildman–Crippen MR) is 126 cm³/mol. The van der Waals surface area contributed by atoms with Crippen LogP contribution in [0, 0.1) is 0 Å². The van der Waals surface area contributed by atoms with Gasteiger partial charge in [0, 0.05) is 10.3 Å². The maximum atomic E-state index is 13.2. The zero-order chi connectivity index (χ0) is 22.7. The highest BCUT2D eigenvalue weighted by Gasteiger charge is 2.19. The van der Waals surface area contributed by atoms with Crippen LogP contribution in [0.25, 0.3) is 21.9 Å². The lowest BCUT2D eigenvalue weighted by atomic mass is 10.1. The summed E-state index contributed by atoms with van der Waals surface area (Å²) in [5, 5.41) is 10.2. The van der Waals surface area contributed by atoms with Crippen LogP contribution in [0.15, 0.2) is 101 Å². The molecule has 0 fully saturated rings. The molecule has 1 atom stereocenters. The zero-order valence-electron chi connectivity index (χ0n) is 16.8. The highest BCUT2D eigenvalue weighted by Crippen LogP contribution is 2.30. The van der Waals surface area contributed by atoms with Crippen molar-refractivity contribution in [3.63, 3.8) is 0 Å². The van der Waals surface area contributed by atoms with Crippen LogP contribution >= 0.6 is 0 Å². The Balaban J connectivity index is 1.75. The van der Waals surface area contributed by atoms with E-state index in [-0.39, 0.29) is 15.5 Å². The molecule has 0 saturated heterocycles. The molecule has 162 valence electrons. The van der Waals surface area contributed by atoms with Gasteiger partial charge in [-0.25, -0.2) is 8.42 Å². The average Bonchev–Trinajstić information content (AvgIpc) is 2.79. The second-order valence-electron chi connectivity index (χ2n) is 7.07. The molecule has 0 aliphatic carbocycles. The van der Waals surface area contributed by atoms with Gasteiger partial charge in [-0.05, 0) is 40.8 Å². The molecule has 0 aromatic heterocycles. The fourth-order valence-electron chi connectivity index (χ4n) is 3.37. The van der Waals surface area contributed by atoms with Gasteiger partial charge >= 0.3 is 5.97 Å². The van der Waals surface area contributed by atoms with E-state index < -0.39 is 32.5 Å². The van der Waals surface area contributed by atoms with Crippen molar-refractivity contribution >= 4 is 43.3 Å². The first-order valence-electron chi connectivity index (χ1n) is 9.65. The molecule has 0 heterocycles. The molecule has 0 bridgehead atoms. The second-order valence-corrected chi connectivity index (χ2v) is 10.2. The fraction of sp³-hybridized carbons (Fsp3) is 0.0417. The van der Waals surface area contributed by atoms with Gasteiger partial charge in [0.2, 0.25) is 0 Å². The Morgan fingerprint density at radius 1 is 0.844 bits per heavy atom. The number of carboxylic acid groups (broad SMARTS) is 1. The van der Waals surface area contributed by atoms with Crippen molar-refractivity contribution < 1.29 is 22.5 Å². The largest absolute Gasteiger partial charge is 0.481 e. The zero-order valence-corrected chi connectivity index (χ0v) is 18.4. The number of anilines is 1. The lowest BCUT2D eigenvalue weighted by Gasteiger charge is -2.13. The molecule has 32 heavy (non-hydrogen) atoms. The molecular weight excluding hydrogens is 446 g/mol. The van der Waals surface area contributed by atoms with E-state index in [1.165, 1.54) is 12.1 Å². The molecule has 0 radical (unpaired) electrons. The van der Waals surface area contributed by atoms with Crippen molar-refractivity contribution in [3.05, 3.63) is 91.0 Å². The van der Waals surface area contributed by atoms with Gasteiger partial charge in [0.1, 0.15) is 5.75 Å². The summed E-state index contributed by atoms with van der Waals surface area (Å²) < 4.78 is 41.4. The first-order valence-corrected chi connectivity index (χ1v) is 12.4. The Morgan fingerprint density at radius 2 is 1.53 bits per heavy atom. The molecule has 4 aromatic carbocycles. The molecule has 4 rings (SSSR count). The first kappa shape index (κ1) is 21.7. The van der Waals surface area contributed by atoms with E-state index in [4.69, 9.17) is 5.11 Å². The number of hydrogen-bond donors (Lipinski definition) is 2. The van der Waals surface area contributed by atoms with Crippen LogP contribution < -0.4 is 4.72 Å². The van der Waals surface area contributed by atoms with Crippen molar-refractivity contribution in [1.82, 2.24) is 0 Å². The van der Waals surface area contributed by atoms with Gasteiger partial charge in [-0.15, -0.1) is 0 Å². The lowest BCUT2D eigenvalue weighted by molar-refractivity contribution is -0.133. The van der Waals surface area contributed by atoms with Crippen molar-refractivity contribution in [3.8, 4) is 11.1 Å². The fourth-order valence-corrected chi connectivity index (χ4v) is 5.39. The summed E-state index contributed by atoms with van der Waals surface area (Å²) in [4.78, 5) is 11.3. The van der Waals surface area contributed by atoms with Crippen LogP contribution in [0.5, 0.6) is 0 Å². The molecule has 0 aliphatic heterocycles. The summed E-state index contributed by atoms with van der Waals surface area (Å²) in [5.74, 6) is -1.76. The van der Waals surface area contributed by atoms with Crippen LogP contribution in [0.4, 0.5) is 5.69 Å². The van der Waals surface area contributed by atoms with Gasteiger partial charge in [-0.1, -0.05) is 66.7 Å². The molecule has 0 amide bonds. The first-order chi connectivity index (χ1) is 15.3. The van der Waals surface area contributed by atoms with Crippen molar-refractivity contribution in [2.24, 2.45) is 0 Å². The maximum Gasteiger partial charge on any atom is 0.316 e. The second kappa shape index (κ2) is 8.94. The monoisotopic (exact) mass is 465 g/mol. The van der Waals surface area contributed by atoms with Crippen LogP contribution in [0.3, 0.4) is 0 Å². The number of carboxylic acids is 1. The summed E-state index contributed by atoms with van der Waals surface area (Å²) in [7, 11) is -5.78. The molecular formula is C24H19NO5S2. The molecule has 2 N–H and O–H groups in total. The van der Waals surface area contributed by atoms with Gasteiger partial charge in [0.15, 0.2) is 0 Å². The van der Waals surface area contributed by atoms with E-state index in [1.54, 1.807) is 42.5 Å². The number of fused-ring (bicyclic) bond motifs is 1. The third-order valence-electron chi connectivity index (χ3n) is 4.85. The lowest BCUT2D eigenvalue weighted by Crippen LogP contribution is -2.14. The van der Waals surface area contributed by atoms with Crippen LogP contribution in [0.1, 0.15) is 0 Å². The molecule has 6 nitrogen and oxygen atoms in total. The molecule has 0 saturated carbocycles. The van der Waals surface area contributed by atoms with E-state index in [0.29, 0.717) is 10.8 Å². The number of aliphatic carboxylic acids is 1. The summed E-state index contributed by atoms with van der Waals surface area (Å²) in [5.41, 5.74) is 1.89. The van der Waals surface area contributed by atoms with E-state index >= 15 is 0 Å². The smallest absolute Gasteiger partial charge is 0.316 e. The van der Waals surface area contributed by atoms with Crippen LogP contribution in [-0.2, 0) is 25.6 Å². The van der Waals surface area contributed by atoms with Gasteiger partial charge in [0.25, 0.3) is 10.0 Å². The van der Waals surface area contributed by atoms with Gasteiger partial charge in [0.05, 0.1) is 21.4 Å². The Hall–Kier alpha value is -3.49. The third kappa shape index (κ3) is 4.71. The Kier molecular flexibility index (Phi) is 6.07. The minimum absolute atomic E-state index is 0.0833. The number of hydrogen-bond acceptors (Lipinski definition) is 4. The van der Waals surface area contributed by atoms with Gasteiger partial charge < -0.3 is 5.11 Å². The standard InChI is InChI=1S/C24H19NO5S2/c26-24(27)16-31(28)20-13-19-9-4-5-12-22(19)23(15-20)25-32(29,30)21-11-6-10-18(14-21)17-7-2-1-3-8-17/h1-15,25H,16H2,(H,26,27). The quantitative estimate of drug-likeness (QED) is 0.419. The van der Waals surface area contributed by atoms with E-state index in [0.717, 1.165) is 11.1 Å². The molecule has 4 aromatic rings. The van der Waals surface area contributed by atoms with Crippen LogP contribution in [-0.4, -0.2) is 29.5 Å². The number of nitrogens with one attached hydrogen (secondary N) is 1. The summed E-state index contributed by atoms with van der Waals surface area (Å²) in [6.45, 7) is 0.